The van der Waals surface area contributed by atoms with Crippen LogP contribution in [0, 0.1) is 0 Å². The fourth-order valence-electron chi connectivity index (χ4n) is 2.69. The van der Waals surface area contributed by atoms with E-state index in [9.17, 15) is 9.59 Å². The molecule has 0 saturated heterocycles. The maximum atomic E-state index is 12.4. The van der Waals surface area contributed by atoms with Gasteiger partial charge in [-0.25, -0.2) is 4.79 Å². The zero-order valence-corrected chi connectivity index (χ0v) is 15.3. The number of fused-ring (bicyclic) bond motifs is 1. The lowest BCUT2D eigenvalue weighted by atomic mass is 10.1. The van der Waals surface area contributed by atoms with Gasteiger partial charge in [-0.2, -0.15) is 4.37 Å². The number of benzene rings is 2. The van der Waals surface area contributed by atoms with E-state index in [0.29, 0.717) is 25.1 Å². The molecule has 1 aromatic heterocycles. The monoisotopic (exact) mass is 384 g/mol. The fraction of sp³-hybridized carbons (Fsp3) is 0.211. The van der Waals surface area contributed by atoms with E-state index in [1.807, 2.05) is 30.3 Å². The Hall–Kier alpha value is -3.13. The molecule has 1 heterocycles. The van der Waals surface area contributed by atoms with E-state index >= 15 is 0 Å². The summed E-state index contributed by atoms with van der Waals surface area (Å²) in [6, 6.07) is 15.8. The van der Waals surface area contributed by atoms with Crippen LogP contribution in [0.3, 0.4) is 0 Å². The average molecular weight is 384 g/mol. The van der Waals surface area contributed by atoms with Gasteiger partial charge in [0, 0.05) is 18.5 Å². The molecule has 8 heteroatoms. The number of anilines is 1. The zero-order valence-electron chi connectivity index (χ0n) is 14.5. The summed E-state index contributed by atoms with van der Waals surface area (Å²) in [7, 11) is 0. The Balaban J connectivity index is 1.48. The Morgan fingerprint density at radius 2 is 1.78 bits per heavy atom. The third kappa shape index (κ3) is 4.95. The van der Waals surface area contributed by atoms with Crippen molar-refractivity contribution < 1.29 is 14.7 Å². The maximum absolute atomic E-state index is 12.4. The molecular formula is C19H20N4O3S. The number of carbonyl (C=O) groups excluding carboxylic acids is 1. The Labute approximate surface area is 160 Å². The minimum Gasteiger partial charge on any atom is -0.465 e. The molecule has 27 heavy (non-hydrogen) atoms. The Bertz CT molecular complexity index is 913. The maximum Gasteiger partial charge on any atom is 0.405 e. The van der Waals surface area contributed by atoms with Crippen molar-refractivity contribution in [1.29, 1.82) is 0 Å². The van der Waals surface area contributed by atoms with Crippen LogP contribution in [0.4, 0.5) is 10.6 Å². The summed E-state index contributed by atoms with van der Waals surface area (Å²) in [6.07, 6.45) is -0.553. The minimum atomic E-state index is -1.24. The van der Waals surface area contributed by atoms with Gasteiger partial charge in [-0.1, -0.05) is 42.5 Å². The lowest BCUT2D eigenvalue weighted by Crippen LogP contribution is -2.40. The van der Waals surface area contributed by atoms with Gasteiger partial charge in [0.05, 0.1) is 4.70 Å². The number of hydrogen-bond donors (Lipinski definition) is 4. The molecule has 0 aliphatic rings. The second-order valence-corrected chi connectivity index (χ2v) is 6.70. The predicted molar refractivity (Wildman–Crippen MR) is 106 cm³/mol. The third-order valence-corrected chi connectivity index (χ3v) is 4.81. The molecule has 1 unspecified atom stereocenters. The Morgan fingerprint density at radius 3 is 2.56 bits per heavy atom. The molecule has 0 fully saturated rings. The number of hydrogen-bond acceptors (Lipinski definition) is 5. The van der Waals surface area contributed by atoms with Crippen molar-refractivity contribution in [3.05, 3.63) is 60.2 Å². The van der Waals surface area contributed by atoms with Crippen LogP contribution in [-0.4, -0.2) is 34.6 Å². The largest absolute Gasteiger partial charge is 0.465 e. The highest BCUT2D eigenvalue weighted by atomic mass is 32.1. The summed E-state index contributed by atoms with van der Waals surface area (Å²) >= 11 is 1.44. The number of aromatic nitrogens is 1. The third-order valence-electron chi connectivity index (χ3n) is 3.99. The Kier molecular flexibility index (Phi) is 6.22. The van der Waals surface area contributed by atoms with E-state index in [0.717, 1.165) is 15.9 Å². The topological polar surface area (TPSA) is 103 Å². The molecule has 0 spiro atoms. The Morgan fingerprint density at radius 1 is 1.04 bits per heavy atom. The van der Waals surface area contributed by atoms with Crippen LogP contribution in [0.5, 0.6) is 0 Å². The van der Waals surface area contributed by atoms with Crippen molar-refractivity contribution >= 4 is 39.4 Å². The molecular weight excluding hydrogens is 364 g/mol. The van der Waals surface area contributed by atoms with E-state index in [1.165, 1.54) is 11.5 Å². The number of amides is 2. The molecule has 0 aliphatic carbocycles. The molecule has 7 nitrogen and oxygen atoms in total. The van der Waals surface area contributed by atoms with E-state index in [2.05, 4.69) is 20.3 Å². The molecule has 2 amide bonds. The molecule has 140 valence electrons. The number of rotatable bonds is 8. The molecule has 0 radical (unpaired) electrons. The van der Waals surface area contributed by atoms with Gasteiger partial charge in [0.2, 0.25) is 5.91 Å². The van der Waals surface area contributed by atoms with Crippen LogP contribution in [0.1, 0.15) is 18.0 Å². The van der Waals surface area contributed by atoms with E-state index < -0.39 is 12.1 Å². The zero-order chi connectivity index (χ0) is 19.1. The minimum absolute atomic E-state index is 0.372. The van der Waals surface area contributed by atoms with Crippen molar-refractivity contribution in [2.45, 2.75) is 12.5 Å². The van der Waals surface area contributed by atoms with Crippen molar-refractivity contribution in [1.82, 2.24) is 15.0 Å². The lowest BCUT2D eigenvalue weighted by Gasteiger charge is -2.17. The van der Waals surface area contributed by atoms with Crippen LogP contribution in [-0.2, 0) is 4.79 Å². The van der Waals surface area contributed by atoms with Crippen molar-refractivity contribution in [3.63, 3.8) is 0 Å². The van der Waals surface area contributed by atoms with Crippen molar-refractivity contribution in [2.75, 3.05) is 18.4 Å². The van der Waals surface area contributed by atoms with Crippen LogP contribution >= 0.6 is 11.5 Å². The van der Waals surface area contributed by atoms with Gasteiger partial charge in [-0.15, -0.1) is 0 Å². The first-order valence-corrected chi connectivity index (χ1v) is 9.33. The first-order chi connectivity index (χ1) is 13.1. The van der Waals surface area contributed by atoms with E-state index in [4.69, 9.17) is 5.11 Å². The normalized spacial score (nSPS) is 11.7. The summed E-state index contributed by atoms with van der Waals surface area (Å²) in [4.78, 5) is 23.4. The van der Waals surface area contributed by atoms with Gasteiger partial charge in [-0.05, 0) is 35.6 Å². The number of nitrogens with zero attached hydrogens (tertiary/aromatic N) is 1. The fourth-order valence-corrected chi connectivity index (χ4v) is 3.45. The van der Waals surface area contributed by atoms with Gasteiger partial charge in [0.15, 0.2) is 0 Å². The smallest absolute Gasteiger partial charge is 0.405 e. The molecule has 0 bridgehead atoms. The average Bonchev–Trinajstić information content (AvgIpc) is 3.09. The van der Waals surface area contributed by atoms with Gasteiger partial charge in [-0.3, -0.25) is 4.79 Å². The second kappa shape index (κ2) is 9.00. The molecule has 0 aliphatic heterocycles. The van der Waals surface area contributed by atoms with Gasteiger partial charge in [0.1, 0.15) is 11.9 Å². The van der Waals surface area contributed by atoms with Gasteiger partial charge < -0.3 is 21.1 Å². The summed E-state index contributed by atoms with van der Waals surface area (Å²) in [5.74, 6) is 0.472. The van der Waals surface area contributed by atoms with Crippen LogP contribution in [0.2, 0.25) is 0 Å². The SMILES string of the molecule is O=C(O)NC(C(=O)NCCCNc1nsc2ccccc12)c1ccccc1. The summed E-state index contributed by atoms with van der Waals surface area (Å²) in [6.45, 7) is 1.08. The quantitative estimate of drug-likeness (QED) is 0.447. The molecule has 2 aromatic carbocycles. The highest BCUT2D eigenvalue weighted by Crippen LogP contribution is 2.25. The van der Waals surface area contributed by atoms with Gasteiger partial charge in [0.25, 0.3) is 0 Å². The molecule has 3 aromatic rings. The standard InChI is InChI=1S/C19H20N4O3S/c24-18(16(22-19(25)26)13-7-2-1-3-8-13)21-12-6-11-20-17-14-9-4-5-10-15(14)27-23-17/h1-5,7-10,16,22H,6,11-12H2,(H,20,23)(H,21,24)(H,25,26). The lowest BCUT2D eigenvalue weighted by molar-refractivity contribution is -0.123. The van der Waals surface area contributed by atoms with Crippen LogP contribution in [0.15, 0.2) is 54.6 Å². The predicted octanol–water partition coefficient (Wildman–Crippen LogP) is 3.22. The van der Waals surface area contributed by atoms with Crippen LogP contribution < -0.4 is 16.0 Å². The molecule has 0 saturated carbocycles. The second-order valence-electron chi connectivity index (χ2n) is 5.89. The summed E-state index contributed by atoms with van der Waals surface area (Å²) < 4.78 is 5.52. The first kappa shape index (κ1) is 18.7. The number of nitrogens with one attached hydrogen (secondary N) is 3. The molecule has 3 rings (SSSR count). The number of carbonyl (C=O) groups is 2. The van der Waals surface area contributed by atoms with Gasteiger partial charge >= 0.3 is 6.09 Å². The van der Waals surface area contributed by atoms with Crippen molar-refractivity contribution in [3.8, 4) is 0 Å². The van der Waals surface area contributed by atoms with E-state index in [1.54, 1.807) is 24.3 Å². The highest BCUT2D eigenvalue weighted by molar-refractivity contribution is 7.13. The van der Waals surface area contributed by atoms with Crippen molar-refractivity contribution in [2.24, 2.45) is 0 Å². The van der Waals surface area contributed by atoms with E-state index in [-0.39, 0.29) is 5.91 Å². The summed E-state index contributed by atoms with van der Waals surface area (Å²) in [5, 5.41) is 18.4. The molecule has 1 atom stereocenters. The first-order valence-electron chi connectivity index (χ1n) is 8.55. The van der Waals surface area contributed by atoms with Crippen LogP contribution in [0.25, 0.3) is 10.1 Å². The number of carboxylic acid groups (broad SMARTS) is 1. The highest BCUT2D eigenvalue weighted by Gasteiger charge is 2.21. The summed E-state index contributed by atoms with van der Waals surface area (Å²) in [5.41, 5.74) is 0.601. The molecule has 4 N–H and O–H groups in total.